The molecule has 0 saturated carbocycles. The molecule has 1 aliphatic rings. The first-order chi connectivity index (χ1) is 17.2. The van der Waals surface area contributed by atoms with Gasteiger partial charge >= 0.3 is 6.03 Å². The van der Waals surface area contributed by atoms with Gasteiger partial charge in [0.25, 0.3) is 10.0 Å². The predicted molar refractivity (Wildman–Crippen MR) is 136 cm³/mol. The number of sulfonamides is 1. The Morgan fingerprint density at radius 1 is 1.17 bits per heavy atom. The minimum atomic E-state index is -4.15. The Balaban J connectivity index is 1.61. The number of ether oxygens (including phenoxy) is 2. The van der Waals surface area contributed by atoms with E-state index in [9.17, 15) is 13.2 Å². The van der Waals surface area contributed by atoms with Crippen LogP contribution >= 0.6 is 0 Å². The van der Waals surface area contributed by atoms with Crippen LogP contribution in [-0.2, 0) is 27.6 Å². The van der Waals surface area contributed by atoms with Gasteiger partial charge < -0.3 is 14.8 Å². The minimum absolute atomic E-state index is 0.0102. The molecule has 192 valence electrons. The molecule has 0 spiro atoms. The van der Waals surface area contributed by atoms with Crippen molar-refractivity contribution in [2.24, 2.45) is 0 Å². The second-order valence-corrected chi connectivity index (χ2v) is 10.7. The van der Waals surface area contributed by atoms with E-state index in [1.807, 2.05) is 39.0 Å². The quantitative estimate of drug-likeness (QED) is 0.444. The summed E-state index contributed by atoms with van der Waals surface area (Å²) in [6, 6.07) is 8.09. The molecule has 2 aromatic heterocycles. The third-order valence-electron chi connectivity index (χ3n) is 5.91. The molecule has 0 fully saturated rings. The van der Waals surface area contributed by atoms with E-state index in [-0.39, 0.29) is 17.2 Å². The van der Waals surface area contributed by atoms with Gasteiger partial charge in [-0.1, -0.05) is 12.1 Å². The Labute approximate surface area is 211 Å². The summed E-state index contributed by atoms with van der Waals surface area (Å²) < 4.78 is 40.1. The highest BCUT2D eigenvalue weighted by Crippen LogP contribution is 2.38. The highest BCUT2D eigenvalue weighted by atomic mass is 32.2. The lowest BCUT2D eigenvalue weighted by Crippen LogP contribution is -2.35. The van der Waals surface area contributed by atoms with E-state index in [4.69, 9.17) is 9.47 Å². The lowest BCUT2D eigenvalue weighted by Gasteiger charge is -2.18. The molecular formula is C25H31N5O5S. The number of nitrogens with one attached hydrogen (secondary N) is 2. The molecule has 10 nitrogen and oxygen atoms in total. The molecule has 0 aliphatic heterocycles. The van der Waals surface area contributed by atoms with E-state index in [0.717, 1.165) is 41.5 Å². The second kappa shape index (κ2) is 10.7. The smallest absolute Gasteiger partial charge is 0.333 e. The van der Waals surface area contributed by atoms with Gasteiger partial charge in [-0.25, -0.2) is 14.5 Å². The second-order valence-electron chi connectivity index (χ2n) is 9.03. The van der Waals surface area contributed by atoms with Crippen molar-refractivity contribution in [2.45, 2.75) is 57.2 Å². The van der Waals surface area contributed by atoms with Crippen LogP contribution in [0.2, 0.25) is 0 Å². The lowest BCUT2D eigenvalue weighted by molar-refractivity contribution is 0.0890. The minimum Gasteiger partial charge on any atom is -0.472 e. The first kappa shape index (κ1) is 25.6. The van der Waals surface area contributed by atoms with Gasteiger partial charge in [-0.3, -0.25) is 4.68 Å². The number of hydrogen-bond donors (Lipinski definition) is 2. The van der Waals surface area contributed by atoms with Gasteiger partial charge in [-0.05, 0) is 68.9 Å². The SMILES string of the molecule is COCC(C)Oc1cc(-c2ccc3c(c2NC(=O)NS(=O)(=O)c2ccn(C(C)C)n2)CCC3)ccn1. The third kappa shape index (κ3) is 5.68. The van der Waals surface area contributed by atoms with Gasteiger partial charge in [0.05, 0.1) is 12.3 Å². The fraction of sp³-hybridized carbons (Fsp3) is 0.400. The molecule has 3 aromatic rings. The van der Waals surface area contributed by atoms with Crippen LogP contribution in [-0.4, -0.2) is 49.0 Å². The zero-order valence-corrected chi connectivity index (χ0v) is 21.6. The Kier molecular flexibility index (Phi) is 7.60. The average molecular weight is 514 g/mol. The van der Waals surface area contributed by atoms with Gasteiger partial charge in [-0.2, -0.15) is 13.5 Å². The molecule has 4 rings (SSSR count). The van der Waals surface area contributed by atoms with Gasteiger partial charge in [0.2, 0.25) is 5.88 Å². The zero-order chi connectivity index (χ0) is 25.9. The van der Waals surface area contributed by atoms with E-state index in [2.05, 4.69) is 20.1 Å². The summed E-state index contributed by atoms with van der Waals surface area (Å²) in [6.07, 6.45) is 5.65. The number of fused-ring (bicyclic) bond motifs is 1. The maximum absolute atomic E-state index is 12.9. The molecule has 36 heavy (non-hydrogen) atoms. The summed E-state index contributed by atoms with van der Waals surface area (Å²) >= 11 is 0. The molecule has 2 amide bonds. The van der Waals surface area contributed by atoms with E-state index in [1.54, 1.807) is 25.6 Å². The Morgan fingerprint density at radius 2 is 1.97 bits per heavy atom. The highest BCUT2D eigenvalue weighted by Gasteiger charge is 2.25. The molecule has 0 radical (unpaired) electrons. The maximum Gasteiger partial charge on any atom is 0.333 e. The highest BCUT2D eigenvalue weighted by molar-refractivity contribution is 7.90. The summed E-state index contributed by atoms with van der Waals surface area (Å²) in [7, 11) is -2.54. The van der Waals surface area contributed by atoms with Crippen LogP contribution in [0.1, 0.15) is 44.4 Å². The fourth-order valence-electron chi connectivity index (χ4n) is 4.23. The summed E-state index contributed by atoms with van der Waals surface area (Å²) in [4.78, 5) is 17.2. The first-order valence-electron chi connectivity index (χ1n) is 11.8. The van der Waals surface area contributed by atoms with E-state index < -0.39 is 16.1 Å². The van der Waals surface area contributed by atoms with Crippen molar-refractivity contribution >= 4 is 21.7 Å². The number of carbonyl (C=O) groups is 1. The Bertz CT molecular complexity index is 1350. The maximum atomic E-state index is 12.9. The monoisotopic (exact) mass is 513 g/mol. The standard InChI is InChI=1S/C25H31N5O5S/c1-16(2)30-13-11-23(28-30)36(32,33)29-25(31)27-24-20-7-5-6-18(20)8-9-21(24)19-10-12-26-22(14-19)35-17(3)15-34-4/h8-14,16-17H,5-7,15H2,1-4H3,(H2,27,29,31). The molecule has 1 atom stereocenters. The molecule has 1 unspecified atom stereocenters. The molecule has 0 saturated heterocycles. The van der Waals surface area contributed by atoms with Gasteiger partial charge in [0.15, 0.2) is 5.03 Å². The van der Waals surface area contributed by atoms with Crippen LogP contribution in [0.25, 0.3) is 11.1 Å². The molecule has 2 heterocycles. The molecule has 1 aliphatic carbocycles. The van der Waals surface area contributed by atoms with Crippen LogP contribution in [0.4, 0.5) is 10.5 Å². The topological polar surface area (TPSA) is 124 Å². The number of carbonyl (C=O) groups excluding carboxylic acids is 1. The van der Waals surface area contributed by atoms with Crippen molar-refractivity contribution in [3.8, 4) is 17.0 Å². The number of benzene rings is 1. The van der Waals surface area contributed by atoms with E-state index in [1.165, 1.54) is 10.7 Å². The molecular weight excluding hydrogens is 482 g/mol. The number of methoxy groups -OCH3 is 1. The first-order valence-corrected chi connectivity index (χ1v) is 13.3. The summed E-state index contributed by atoms with van der Waals surface area (Å²) in [6.45, 7) is 6.07. The van der Waals surface area contributed by atoms with E-state index >= 15 is 0 Å². The number of amides is 2. The number of urea groups is 1. The van der Waals surface area contributed by atoms with Crippen molar-refractivity contribution in [3.05, 3.63) is 53.9 Å². The largest absolute Gasteiger partial charge is 0.472 e. The van der Waals surface area contributed by atoms with Crippen molar-refractivity contribution in [2.75, 3.05) is 19.0 Å². The summed E-state index contributed by atoms with van der Waals surface area (Å²) in [5, 5.41) is 6.65. The molecule has 11 heteroatoms. The number of anilines is 1. The third-order valence-corrected chi connectivity index (χ3v) is 7.13. The lowest BCUT2D eigenvalue weighted by atomic mass is 9.98. The van der Waals surface area contributed by atoms with Crippen LogP contribution in [0.15, 0.2) is 47.8 Å². The van der Waals surface area contributed by atoms with Crippen molar-refractivity contribution < 1.29 is 22.7 Å². The number of aryl methyl sites for hydroxylation is 1. The van der Waals surface area contributed by atoms with Crippen LogP contribution < -0.4 is 14.8 Å². The van der Waals surface area contributed by atoms with Crippen molar-refractivity contribution in [3.63, 3.8) is 0 Å². The predicted octanol–water partition coefficient (Wildman–Crippen LogP) is 3.94. The fourth-order valence-corrected chi connectivity index (χ4v) is 5.07. The molecule has 1 aromatic carbocycles. The number of nitrogens with zero attached hydrogens (tertiary/aromatic N) is 3. The van der Waals surface area contributed by atoms with Crippen molar-refractivity contribution in [1.82, 2.24) is 19.5 Å². The van der Waals surface area contributed by atoms with Crippen LogP contribution in [0.3, 0.4) is 0 Å². The Morgan fingerprint density at radius 3 is 2.69 bits per heavy atom. The van der Waals surface area contributed by atoms with Crippen LogP contribution in [0.5, 0.6) is 5.88 Å². The number of aromatic nitrogens is 3. The normalized spacial score (nSPS) is 13.9. The summed E-state index contributed by atoms with van der Waals surface area (Å²) in [5.41, 5.74) is 4.24. The van der Waals surface area contributed by atoms with Crippen LogP contribution in [0, 0.1) is 0 Å². The zero-order valence-electron chi connectivity index (χ0n) is 20.8. The number of rotatable bonds is 9. The van der Waals surface area contributed by atoms with Gasteiger partial charge in [0, 0.05) is 37.2 Å². The number of pyridine rings is 1. The Hall–Kier alpha value is -3.44. The van der Waals surface area contributed by atoms with Crippen molar-refractivity contribution in [1.29, 1.82) is 0 Å². The summed E-state index contributed by atoms with van der Waals surface area (Å²) in [5.74, 6) is 0.427. The van der Waals surface area contributed by atoms with E-state index in [0.29, 0.717) is 18.2 Å². The van der Waals surface area contributed by atoms with Gasteiger partial charge in [-0.15, -0.1) is 0 Å². The van der Waals surface area contributed by atoms with Gasteiger partial charge in [0.1, 0.15) is 6.10 Å². The number of hydrogen-bond acceptors (Lipinski definition) is 7. The molecule has 0 bridgehead atoms. The average Bonchev–Trinajstić information content (AvgIpc) is 3.50. The molecule has 2 N–H and O–H groups in total.